The molecule has 0 fully saturated rings. The summed E-state index contributed by atoms with van der Waals surface area (Å²) < 4.78 is 5.82. The van der Waals surface area contributed by atoms with E-state index in [0.29, 0.717) is 18.6 Å². The lowest BCUT2D eigenvalue weighted by Crippen LogP contribution is -2.28. The van der Waals surface area contributed by atoms with Gasteiger partial charge in [0.25, 0.3) is 0 Å². The monoisotopic (exact) mass is 221 g/mol. The van der Waals surface area contributed by atoms with E-state index >= 15 is 0 Å². The molecule has 0 aliphatic rings. The fraction of sp³-hybridized carbons (Fsp3) is 0.571. The zero-order chi connectivity index (χ0) is 12.1. The first kappa shape index (κ1) is 13.0. The van der Waals surface area contributed by atoms with E-state index in [4.69, 9.17) is 4.74 Å². The molecular formula is C14H23NO. The summed E-state index contributed by atoms with van der Waals surface area (Å²) in [6, 6.07) is 6.84. The van der Waals surface area contributed by atoms with Crippen LogP contribution in [0.25, 0.3) is 0 Å². The van der Waals surface area contributed by atoms with Crippen molar-refractivity contribution in [2.45, 2.75) is 39.7 Å². The third-order valence-electron chi connectivity index (χ3n) is 2.86. The van der Waals surface area contributed by atoms with Crippen molar-refractivity contribution in [3.8, 4) is 5.75 Å². The number of benzene rings is 1. The summed E-state index contributed by atoms with van der Waals surface area (Å²) in [4.78, 5) is 0. The summed E-state index contributed by atoms with van der Waals surface area (Å²) in [7, 11) is 1.95. The second kappa shape index (κ2) is 5.90. The number of hydrogen-bond donors (Lipinski definition) is 1. The maximum atomic E-state index is 5.82. The zero-order valence-corrected chi connectivity index (χ0v) is 11.0. The van der Waals surface area contributed by atoms with E-state index < -0.39 is 0 Å². The summed E-state index contributed by atoms with van der Waals surface area (Å²) in [5, 5.41) is 3.17. The fourth-order valence-corrected chi connectivity index (χ4v) is 1.43. The molecule has 0 spiro atoms. The smallest absolute Gasteiger partial charge is 0.122 e. The molecule has 0 aromatic heterocycles. The van der Waals surface area contributed by atoms with Gasteiger partial charge in [-0.25, -0.2) is 0 Å². The Morgan fingerprint density at radius 2 is 1.94 bits per heavy atom. The van der Waals surface area contributed by atoms with Crippen LogP contribution in [0.4, 0.5) is 0 Å². The Kier molecular flexibility index (Phi) is 4.81. The van der Waals surface area contributed by atoms with Crippen LogP contribution < -0.4 is 10.1 Å². The van der Waals surface area contributed by atoms with Gasteiger partial charge in [-0.2, -0.15) is 0 Å². The van der Waals surface area contributed by atoms with Crippen molar-refractivity contribution in [1.82, 2.24) is 5.32 Å². The average Bonchev–Trinajstić information content (AvgIpc) is 2.27. The van der Waals surface area contributed by atoms with Crippen LogP contribution in [-0.4, -0.2) is 19.7 Å². The highest BCUT2D eigenvalue weighted by Crippen LogP contribution is 2.24. The van der Waals surface area contributed by atoms with Gasteiger partial charge < -0.3 is 10.1 Å². The minimum absolute atomic E-state index is 0.377. The van der Waals surface area contributed by atoms with Crippen LogP contribution in [-0.2, 0) is 0 Å². The second-order valence-corrected chi connectivity index (χ2v) is 4.68. The van der Waals surface area contributed by atoms with Crippen molar-refractivity contribution in [1.29, 1.82) is 0 Å². The van der Waals surface area contributed by atoms with Gasteiger partial charge in [0.05, 0.1) is 0 Å². The minimum atomic E-state index is 0.377. The standard InChI is InChI=1S/C14H23NO/c1-10(2)13-7-6-11(3)14(8-13)16-9-12(4)15-5/h6-8,10,12,15H,9H2,1-5H3. The van der Waals surface area contributed by atoms with Crippen LogP contribution in [0, 0.1) is 6.92 Å². The number of hydrogen-bond acceptors (Lipinski definition) is 2. The number of ether oxygens (including phenoxy) is 1. The lowest BCUT2D eigenvalue weighted by Gasteiger charge is -2.15. The topological polar surface area (TPSA) is 21.3 Å². The molecule has 0 aliphatic heterocycles. The maximum absolute atomic E-state index is 5.82. The Labute approximate surface area is 99.0 Å². The lowest BCUT2D eigenvalue weighted by molar-refractivity contribution is 0.278. The molecular weight excluding hydrogens is 198 g/mol. The van der Waals surface area contributed by atoms with Crippen molar-refractivity contribution in [3.05, 3.63) is 29.3 Å². The molecule has 0 radical (unpaired) electrons. The first-order valence-electron chi connectivity index (χ1n) is 5.95. The molecule has 0 aliphatic carbocycles. The van der Waals surface area contributed by atoms with Crippen molar-refractivity contribution >= 4 is 0 Å². The number of aryl methyl sites for hydroxylation is 1. The van der Waals surface area contributed by atoms with Crippen LogP contribution >= 0.6 is 0 Å². The predicted molar refractivity (Wildman–Crippen MR) is 69.3 cm³/mol. The molecule has 2 nitrogen and oxygen atoms in total. The largest absolute Gasteiger partial charge is 0.492 e. The summed E-state index contributed by atoms with van der Waals surface area (Å²) in [5.74, 6) is 1.55. The van der Waals surface area contributed by atoms with E-state index in [-0.39, 0.29) is 0 Å². The molecule has 0 saturated heterocycles. The molecule has 90 valence electrons. The highest BCUT2D eigenvalue weighted by atomic mass is 16.5. The maximum Gasteiger partial charge on any atom is 0.122 e. The Morgan fingerprint density at radius 1 is 1.25 bits per heavy atom. The average molecular weight is 221 g/mol. The van der Waals surface area contributed by atoms with Crippen LogP contribution in [0.5, 0.6) is 5.75 Å². The molecule has 0 heterocycles. The Bertz CT molecular complexity index is 334. The lowest BCUT2D eigenvalue weighted by atomic mass is 10.0. The van der Waals surface area contributed by atoms with E-state index in [1.807, 2.05) is 7.05 Å². The molecule has 0 bridgehead atoms. The minimum Gasteiger partial charge on any atom is -0.492 e. The van der Waals surface area contributed by atoms with Crippen molar-refractivity contribution in [3.63, 3.8) is 0 Å². The number of rotatable bonds is 5. The van der Waals surface area contributed by atoms with Crippen molar-refractivity contribution in [2.75, 3.05) is 13.7 Å². The van der Waals surface area contributed by atoms with Crippen LogP contribution in [0.3, 0.4) is 0 Å². The van der Waals surface area contributed by atoms with Gasteiger partial charge in [0.1, 0.15) is 12.4 Å². The van der Waals surface area contributed by atoms with E-state index in [1.165, 1.54) is 11.1 Å². The fourth-order valence-electron chi connectivity index (χ4n) is 1.43. The number of nitrogens with one attached hydrogen (secondary N) is 1. The Hall–Kier alpha value is -1.02. The van der Waals surface area contributed by atoms with Crippen LogP contribution in [0.15, 0.2) is 18.2 Å². The van der Waals surface area contributed by atoms with Gasteiger partial charge in [-0.05, 0) is 44.0 Å². The van der Waals surface area contributed by atoms with Gasteiger partial charge in [-0.3, -0.25) is 0 Å². The third-order valence-corrected chi connectivity index (χ3v) is 2.86. The first-order valence-corrected chi connectivity index (χ1v) is 5.95. The molecule has 1 N–H and O–H groups in total. The molecule has 16 heavy (non-hydrogen) atoms. The normalized spacial score (nSPS) is 12.9. The Balaban J connectivity index is 2.74. The third kappa shape index (κ3) is 3.53. The van der Waals surface area contributed by atoms with E-state index in [0.717, 1.165) is 5.75 Å². The summed E-state index contributed by atoms with van der Waals surface area (Å²) in [6.07, 6.45) is 0. The van der Waals surface area contributed by atoms with Gasteiger partial charge in [-0.1, -0.05) is 26.0 Å². The zero-order valence-electron chi connectivity index (χ0n) is 11.0. The van der Waals surface area contributed by atoms with Crippen LogP contribution in [0.2, 0.25) is 0 Å². The van der Waals surface area contributed by atoms with Crippen molar-refractivity contribution < 1.29 is 4.74 Å². The summed E-state index contributed by atoms with van der Waals surface area (Å²) >= 11 is 0. The molecule has 0 amide bonds. The quantitative estimate of drug-likeness (QED) is 0.825. The van der Waals surface area contributed by atoms with Gasteiger partial charge in [0, 0.05) is 6.04 Å². The van der Waals surface area contributed by atoms with Gasteiger partial charge in [0.2, 0.25) is 0 Å². The molecule has 1 rings (SSSR count). The highest BCUT2D eigenvalue weighted by molar-refractivity contribution is 5.37. The highest BCUT2D eigenvalue weighted by Gasteiger charge is 2.06. The van der Waals surface area contributed by atoms with Crippen LogP contribution in [0.1, 0.15) is 37.8 Å². The van der Waals surface area contributed by atoms with Gasteiger partial charge in [-0.15, -0.1) is 0 Å². The number of likely N-dealkylation sites (N-methyl/N-ethyl adjacent to an activating group) is 1. The summed E-state index contributed by atoms with van der Waals surface area (Å²) in [6.45, 7) is 9.30. The summed E-state index contributed by atoms with van der Waals surface area (Å²) in [5.41, 5.74) is 2.53. The van der Waals surface area contributed by atoms with Gasteiger partial charge >= 0.3 is 0 Å². The van der Waals surface area contributed by atoms with E-state index in [1.54, 1.807) is 0 Å². The molecule has 0 saturated carbocycles. The Morgan fingerprint density at radius 3 is 2.50 bits per heavy atom. The molecule has 1 aromatic carbocycles. The van der Waals surface area contributed by atoms with Crippen molar-refractivity contribution in [2.24, 2.45) is 0 Å². The second-order valence-electron chi connectivity index (χ2n) is 4.68. The molecule has 1 atom stereocenters. The van der Waals surface area contributed by atoms with E-state index in [2.05, 4.69) is 51.2 Å². The van der Waals surface area contributed by atoms with Gasteiger partial charge in [0.15, 0.2) is 0 Å². The molecule has 2 heteroatoms. The SMILES string of the molecule is CNC(C)COc1cc(C(C)C)ccc1C. The van der Waals surface area contributed by atoms with E-state index in [9.17, 15) is 0 Å². The predicted octanol–water partition coefficient (Wildman–Crippen LogP) is 3.11. The molecule has 1 unspecified atom stereocenters. The molecule has 1 aromatic rings. The first-order chi connectivity index (χ1) is 7.54.